The number of aromatic nitrogens is 1. The number of nitrogens with one attached hydrogen (secondary N) is 1. The van der Waals surface area contributed by atoms with Gasteiger partial charge in [-0.1, -0.05) is 39.2 Å². The third-order valence-corrected chi connectivity index (χ3v) is 5.64. The number of hydrogen-bond donors (Lipinski definition) is 1. The highest BCUT2D eigenvalue weighted by Gasteiger charge is 2.22. The fourth-order valence-corrected chi connectivity index (χ4v) is 4.06. The molecule has 0 radical (unpaired) electrons. The van der Waals surface area contributed by atoms with Gasteiger partial charge in [0.2, 0.25) is 0 Å². The highest BCUT2D eigenvalue weighted by Crippen LogP contribution is 2.24. The van der Waals surface area contributed by atoms with Gasteiger partial charge in [0.25, 0.3) is 0 Å². The first kappa shape index (κ1) is 17.2. The molecule has 1 N–H and O–H groups in total. The number of rotatable bonds is 5. The Hall–Kier alpha value is -1.61. The number of nitrogens with zero attached hydrogens (tertiary/aromatic N) is 1. The summed E-state index contributed by atoms with van der Waals surface area (Å²) in [6.45, 7) is 8.17. The summed E-state index contributed by atoms with van der Waals surface area (Å²) >= 11 is 0. The van der Waals surface area contributed by atoms with Crippen molar-refractivity contribution in [2.24, 2.45) is 0 Å². The Kier molecular flexibility index (Phi) is 5.40. The Morgan fingerprint density at radius 1 is 1.17 bits per heavy atom. The van der Waals surface area contributed by atoms with Crippen molar-refractivity contribution in [1.29, 1.82) is 0 Å². The molecule has 130 valence electrons. The van der Waals surface area contributed by atoms with Crippen LogP contribution in [0.4, 0.5) is 0 Å². The normalized spacial score (nSPS) is 16.2. The lowest BCUT2D eigenvalue weighted by Crippen LogP contribution is -2.37. The number of pyridine rings is 1. The van der Waals surface area contributed by atoms with Crippen LogP contribution in [-0.2, 0) is 13.0 Å². The highest BCUT2D eigenvalue weighted by molar-refractivity contribution is 5.80. The summed E-state index contributed by atoms with van der Waals surface area (Å²) in [5, 5.41) is 0.842. The molecule has 1 fully saturated rings. The van der Waals surface area contributed by atoms with E-state index in [-0.39, 0.29) is 5.43 Å². The van der Waals surface area contributed by atoms with Crippen molar-refractivity contribution >= 4 is 10.9 Å². The van der Waals surface area contributed by atoms with E-state index in [2.05, 4.69) is 35.9 Å². The molecule has 1 aromatic heterocycles. The van der Waals surface area contributed by atoms with Gasteiger partial charge in [-0.25, -0.2) is 0 Å². The second kappa shape index (κ2) is 7.52. The van der Waals surface area contributed by atoms with Crippen LogP contribution in [0, 0.1) is 6.92 Å². The standard InChI is InChI=1S/C21H30N2O/c1-4-16-11-12-20-18(13-16)21(24)19(15(3)22-20)14-23(5-2)17-9-7-6-8-10-17/h11-13,17H,4-10,14H2,1-3H3,(H,22,24). The lowest BCUT2D eigenvalue weighted by atomic mass is 9.93. The molecule has 0 bridgehead atoms. The van der Waals surface area contributed by atoms with Gasteiger partial charge in [-0.15, -0.1) is 0 Å². The van der Waals surface area contributed by atoms with Crippen LogP contribution in [0.2, 0.25) is 0 Å². The second-order valence-electron chi connectivity index (χ2n) is 7.15. The number of aromatic amines is 1. The van der Waals surface area contributed by atoms with Gasteiger partial charge in [-0.2, -0.15) is 0 Å². The van der Waals surface area contributed by atoms with Crippen LogP contribution in [0.1, 0.15) is 62.8 Å². The van der Waals surface area contributed by atoms with Crippen LogP contribution in [-0.4, -0.2) is 22.5 Å². The lowest BCUT2D eigenvalue weighted by molar-refractivity contribution is 0.155. The quantitative estimate of drug-likeness (QED) is 0.875. The first-order valence-corrected chi connectivity index (χ1v) is 9.52. The summed E-state index contributed by atoms with van der Waals surface area (Å²) in [4.78, 5) is 19.1. The van der Waals surface area contributed by atoms with Crippen LogP contribution in [0.15, 0.2) is 23.0 Å². The SMILES string of the molecule is CCc1ccc2[nH]c(C)c(CN(CC)C3CCCCC3)c(=O)c2c1. The summed E-state index contributed by atoms with van der Waals surface area (Å²) in [5.41, 5.74) is 4.36. The van der Waals surface area contributed by atoms with Crippen molar-refractivity contribution in [1.82, 2.24) is 9.88 Å². The minimum Gasteiger partial charge on any atom is -0.358 e. The molecule has 0 spiro atoms. The van der Waals surface area contributed by atoms with Gasteiger partial charge < -0.3 is 4.98 Å². The van der Waals surface area contributed by atoms with Crippen molar-refractivity contribution in [3.63, 3.8) is 0 Å². The predicted molar refractivity (Wildman–Crippen MR) is 102 cm³/mol. The summed E-state index contributed by atoms with van der Waals surface area (Å²) in [7, 11) is 0. The number of fused-ring (bicyclic) bond motifs is 1. The van der Waals surface area contributed by atoms with Gasteiger partial charge in [0.15, 0.2) is 5.43 Å². The van der Waals surface area contributed by atoms with E-state index in [0.29, 0.717) is 6.04 Å². The molecule has 0 atom stereocenters. The third kappa shape index (κ3) is 3.41. The maximum Gasteiger partial charge on any atom is 0.194 e. The fraction of sp³-hybridized carbons (Fsp3) is 0.571. The van der Waals surface area contributed by atoms with Gasteiger partial charge in [0.05, 0.1) is 0 Å². The largest absolute Gasteiger partial charge is 0.358 e. The van der Waals surface area contributed by atoms with E-state index in [0.717, 1.165) is 41.7 Å². The number of aryl methyl sites for hydroxylation is 2. The molecule has 1 aliphatic rings. The van der Waals surface area contributed by atoms with E-state index < -0.39 is 0 Å². The van der Waals surface area contributed by atoms with Crippen LogP contribution >= 0.6 is 0 Å². The van der Waals surface area contributed by atoms with E-state index in [1.54, 1.807) is 0 Å². The average molecular weight is 326 g/mol. The Balaban J connectivity index is 1.96. The van der Waals surface area contributed by atoms with E-state index in [9.17, 15) is 4.79 Å². The zero-order valence-corrected chi connectivity index (χ0v) is 15.3. The molecule has 24 heavy (non-hydrogen) atoms. The Morgan fingerprint density at radius 2 is 1.92 bits per heavy atom. The molecular weight excluding hydrogens is 296 g/mol. The van der Waals surface area contributed by atoms with E-state index in [1.165, 1.54) is 37.7 Å². The van der Waals surface area contributed by atoms with Gasteiger partial charge in [0.1, 0.15) is 0 Å². The third-order valence-electron chi connectivity index (χ3n) is 5.64. The predicted octanol–water partition coefficient (Wildman–Crippen LogP) is 4.55. The van der Waals surface area contributed by atoms with E-state index >= 15 is 0 Å². The topological polar surface area (TPSA) is 36.1 Å². The van der Waals surface area contributed by atoms with Crippen LogP contribution in [0.5, 0.6) is 0 Å². The molecule has 1 heterocycles. The van der Waals surface area contributed by atoms with E-state index in [4.69, 9.17) is 0 Å². The van der Waals surface area contributed by atoms with Crippen molar-refractivity contribution in [2.75, 3.05) is 6.54 Å². The van der Waals surface area contributed by atoms with Crippen molar-refractivity contribution < 1.29 is 0 Å². The smallest absolute Gasteiger partial charge is 0.194 e. The van der Waals surface area contributed by atoms with Crippen LogP contribution in [0.3, 0.4) is 0 Å². The molecule has 0 saturated heterocycles. The Labute approximate surface area is 145 Å². The zero-order valence-electron chi connectivity index (χ0n) is 15.3. The minimum atomic E-state index is 0.214. The summed E-state index contributed by atoms with van der Waals surface area (Å²) in [5.74, 6) is 0. The molecule has 3 rings (SSSR count). The monoisotopic (exact) mass is 326 g/mol. The number of hydrogen-bond acceptors (Lipinski definition) is 2. The number of benzene rings is 1. The molecule has 1 aliphatic carbocycles. The minimum absolute atomic E-state index is 0.214. The first-order chi connectivity index (χ1) is 11.6. The van der Waals surface area contributed by atoms with Crippen LogP contribution < -0.4 is 5.43 Å². The Morgan fingerprint density at radius 3 is 2.58 bits per heavy atom. The maximum absolute atomic E-state index is 13.1. The lowest BCUT2D eigenvalue weighted by Gasteiger charge is -2.33. The van der Waals surface area contributed by atoms with Gasteiger partial charge in [-0.3, -0.25) is 9.69 Å². The van der Waals surface area contributed by atoms with Crippen molar-refractivity contribution in [2.45, 2.75) is 71.9 Å². The van der Waals surface area contributed by atoms with Crippen molar-refractivity contribution in [3.8, 4) is 0 Å². The van der Waals surface area contributed by atoms with Gasteiger partial charge in [0, 0.05) is 34.7 Å². The molecule has 0 aliphatic heterocycles. The average Bonchev–Trinajstić information content (AvgIpc) is 2.62. The maximum atomic E-state index is 13.1. The fourth-order valence-electron chi connectivity index (χ4n) is 4.06. The molecule has 1 aromatic carbocycles. The second-order valence-corrected chi connectivity index (χ2v) is 7.15. The molecule has 3 nitrogen and oxygen atoms in total. The zero-order chi connectivity index (χ0) is 17.1. The molecule has 1 saturated carbocycles. The van der Waals surface area contributed by atoms with Gasteiger partial charge in [-0.05, 0) is 50.4 Å². The van der Waals surface area contributed by atoms with E-state index in [1.807, 2.05) is 13.0 Å². The molecule has 3 heteroatoms. The molecular formula is C21H30N2O. The summed E-state index contributed by atoms with van der Waals surface area (Å²) in [6.07, 6.45) is 7.53. The van der Waals surface area contributed by atoms with Gasteiger partial charge >= 0.3 is 0 Å². The summed E-state index contributed by atoms with van der Waals surface area (Å²) in [6, 6.07) is 6.86. The molecule has 0 unspecified atom stereocenters. The Bertz CT molecular complexity index is 756. The molecule has 0 amide bonds. The first-order valence-electron chi connectivity index (χ1n) is 9.52. The van der Waals surface area contributed by atoms with Crippen molar-refractivity contribution in [3.05, 3.63) is 45.2 Å². The highest BCUT2D eigenvalue weighted by atomic mass is 16.1. The van der Waals surface area contributed by atoms with Crippen LogP contribution in [0.25, 0.3) is 10.9 Å². The number of H-pyrrole nitrogens is 1. The molecule has 2 aromatic rings. The summed E-state index contributed by atoms with van der Waals surface area (Å²) < 4.78 is 0.